The van der Waals surface area contributed by atoms with Gasteiger partial charge in [-0.1, -0.05) is 0 Å². The van der Waals surface area contributed by atoms with Crippen molar-refractivity contribution < 1.29 is 13.2 Å². The van der Waals surface area contributed by atoms with Crippen LogP contribution in [0.1, 0.15) is 21.6 Å². The first-order valence-corrected chi connectivity index (χ1v) is 13.7. The molecule has 0 spiro atoms. The number of nitrogens with zero attached hydrogens (tertiary/aromatic N) is 4. The molecule has 164 valence electrons. The number of amides is 1. The van der Waals surface area contributed by atoms with Crippen LogP contribution >= 0.6 is 23.1 Å². The van der Waals surface area contributed by atoms with Crippen molar-refractivity contribution in [2.75, 3.05) is 29.4 Å². The Labute approximate surface area is 194 Å². The number of rotatable bonds is 4. The number of fused-ring (bicyclic) bond motifs is 1. The van der Waals surface area contributed by atoms with Gasteiger partial charge >= 0.3 is 0 Å². The fourth-order valence-corrected chi connectivity index (χ4v) is 6.60. The van der Waals surface area contributed by atoms with Gasteiger partial charge in [0.1, 0.15) is 5.01 Å². The van der Waals surface area contributed by atoms with Crippen molar-refractivity contribution in [3.05, 3.63) is 70.0 Å². The first-order chi connectivity index (χ1) is 15.4. The van der Waals surface area contributed by atoms with Gasteiger partial charge in [-0.15, -0.1) is 23.1 Å². The monoisotopic (exact) mass is 484 g/mol. The minimum Gasteiger partial charge on any atom is -0.302 e. The molecule has 2 aliphatic rings. The van der Waals surface area contributed by atoms with Crippen LogP contribution in [-0.4, -0.2) is 54.3 Å². The van der Waals surface area contributed by atoms with Crippen molar-refractivity contribution in [2.24, 2.45) is 0 Å². The Morgan fingerprint density at radius 3 is 2.88 bits per heavy atom. The maximum absolute atomic E-state index is 13.3. The summed E-state index contributed by atoms with van der Waals surface area (Å²) in [6.45, 7) is 1.04. The summed E-state index contributed by atoms with van der Waals surface area (Å²) in [4.78, 5) is 23.9. The molecule has 1 saturated heterocycles. The maximum Gasteiger partial charge on any atom is 0.258 e. The Bertz CT molecular complexity index is 1320. The second-order valence-corrected chi connectivity index (χ2v) is 11.4. The molecule has 1 aromatic carbocycles. The average Bonchev–Trinajstić information content (AvgIpc) is 3.53. The molecule has 2 aliphatic heterocycles. The third kappa shape index (κ3) is 4.05. The molecule has 10 heteroatoms. The van der Waals surface area contributed by atoms with E-state index in [-0.39, 0.29) is 5.91 Å². The van der Waals surface area contributed by atoms with E-state index >= 15 is 0 Å². The molecule has 0 atom stereocenters. The summed E-state index contributed by atoms with van der Waals surface area (Å²) in [6, 6.07) is 9.14. The van der Waals surface area contributed by atoms with E-state index in [1.807, 2.05) is 29.7 Å². The standard InChI is InChI=1S/C22H20N4O3S3/c1-32(28,29)26-8-6-15-11-16(4-5-19(15)26)22(27)25-9-10-30-20(25)12-18-14-31-21(24-18)17-3-2-7-23-13-17/h2-5,7,11-14H,6,8-10H2,1H3/b20-12+. The Balaban J connectivity index is 1.38. The number of thiazole rings is 1. The number of aromatic nitrogens is 2. The fraction of sp³-hybridized carbons (Fsp3) is 0.227. The van der Waals surface area contributed by atoms with Gasteiger partial charge in [0.25, 0.3) is 5.91 Å². The van der Waals surface area contributed by atoms with E-state index in [0.717, 1.165) is 32.6 Å². The summed E-state index contributed by atoms with van der Waals surface area (Å²) in [5.41, 5.74) is 3.91. The van der Waals surface area contributed by atoms with Gasteiger partial charge in [-0.25, -0.2) is 13.4 Å². The molecular weight excluding hydrogens is 464 g/mol. The topological polar surface area (TPSA) is 83.5 Å². The summed E-state index contributed by atoms with van der Waals surface area (Å²) in [7, 11) is -3.31. The molecule has 5 rings (SSSR count). The number of benzene rings is 1. The van der Waals surface area contributed by atoms with Crippen LogP contribution in [0, 0.1) is 0 Å². The predicted molar refractivity (Wildman–Crippen MR) is 129 cm³/mol. The third-order valence-electron chi connectivity index (χ3n) is 5.36. The molecule has 0 N–H and O–H groups in total. The number of thioether (sulfide) groups is 1. The average molecular weight is 485 g/mol. The van der Waals surface area contributed by atoms with Crippen molar-refractivity contribution in [3.63, 3.8) is 0 Å². The molecular formula is C22H20N4O3S3. The first-order valence-electron chi connectivity index (χ1n) is 10.0. The number of carbonyl (C=O) groups is 1. The van der Waals surface area contributed by atoms with Crippen molar-refractivity contribution >= 4 is 50.8 Å². The highest BCUT2D eigenvalue weighted by molar-refractivity contribution is 8.03. The highest BCUT2D eigenvalue weighted by Gasteiger charge is 2.29. The maximum atomic E-state index is 13.3. The summed E-state index contributed by atoms with van der Waals surface area (Å²) < 4.78 is 25.3. The van der Waals surface area contributed by atoms with Gasteiger partial charge in [0.05, 0.1) is 22.7 Å². The number of carbonyl (C=O) groups excluding carboxylic acids is 1. The highest BCUT2D eigenvalue weighted by atomic mass is 32.2. The molecule has 0 bridgehead atoms. The number of sulfonamides is 1. The number of hydrogen-bond donors (Lipinski definition) is 0. The van der Waals surface area contributed by atoms with E-state index in [0.29, 0.717) is 30.8 Å². The third-order valence-corrected chi connectivity index (χ3v) is 8.47. The van der Waals surface area contributed by atoms with Crippen LogP contribution in [0.4, 0.5) is 5.69 Å². The molecule has 1 fully saturated rings. The van der Waals surface area contributed by atoms with Gasteiger partial charge in [0.15, 0.2) is 0 Å². The molecule has 0 unspecified atom stereocenters. The summed E-state index contributed by atoms with van der Waals surface area (Å²) in [5.74, 6) is 0.744. The van der Waals surface area contributed by atoms with Crippen molar-refractivity contribution in [1.29, 1.82) is 0 Å². The highest BCUT2D eigenvalue weighted by Crippen LogP contribution is 2.35. The zero-order valence-electron chi connectivity index (χ0n) is 17.3. The molecule has 4 heterocycles. The minimum absolute atomic E-state index is 0.0791. The van der Waals surface area contributed by atoms with Crippen molar-refractivity contribution in [2.45, 2.75) is 6.42 Å². The van der Waals surface area contributed by atoms with E-state index in [4.69, 9.17) is 0 Å². The van der Waals surface area contributed by atoms with E-state index in [1.165, 1.54) is 10.6 Å². The van der Waals surface area contributed by atoms with E-state index in [1.54, 1.807) is 52.5 Å². The lowest BCUT2D eigenvalue weighted by molar-refractivity contribution is 0.0831. The van der Waals surface area contributed by atoms with Crippen LogP contribution in [0.3, 0.4) is 0 Å². The minimum atomic E-state index is -3.31. The zero-order valence-corrected chi connectivity index (χ0v) is 19.7. The number of anilines is 1. The SMILES string of the molecule is CS(=O)(=O)N1CCc2cc(C(=O)N3CCS/C3=C/c3csc(-c4cccnc4)n3)ccc21. The predicted octanol–water partition coefficient (Wildman–Crippen LogP) is 3.71. The number of pyridine rings is 1. The van der Waals surface area contributed by atoms with Gasteiger partial charge in [-0.3, -0.25) is 14.1 Å². The van der Waals surface area contributed by atoms with Gasteiger partial charge < -0.3 is 4.90 Å². The summed E-state index contributed by atoms with van der Waals surface area (Å²) in [6.07, 6.45) is 7.28. The molecule has 3 aromatic rings. The van der Waals surface area contributed by atoms with Crippen molar-refractivity contribution in [3.8, 4) is 10.6 Å². The van der Waals surface area contributed by atoms with Gasteiger partial charge in [-0.2, -0.15) is 0 Å². The van der Waals surface area contributed by atoms with Crippen LogP contribution in [-0.2, 0) is 16.4 Å². The normalized spacial score (nSPS) is 17.2. The lowest BCUT2D eigenvalue weighted by atomic mass is 10.1. The summed E-state index contributed by atoms with van der Waals surface area (Å²) >= 11 is 3.18. The largest absolute Gasteiger partial charge is 0.302 e. The van der Waals surface area contributed by atoms with E-state index in [9.17, 15) is 13.2 Å². The summed E-state index contributed by atoms with van der Waals surface area (Å²) in [5, 5.41) is 3.74. The van der Waals surface area contributed by atoms with Crippen LogP contribution in [0.5, 0.6) is 0 Å². The Morgan fingerprint density at radius 2 is 2.09 bits per heavy atom. The second kappa shape index (κ2) is 8.34. The Hall–Kier alpha value is -2.69. The van der Waals surface area contributed by atoms with Gasteiger partial charge in [0.2, 0.25) is 10.0 Å². The van der Waals surface area contributed by atoms with Crippen LogP contribution in [0.15, 0.2) is 53.1 Å². The lowest BCUT2D eigenvalue weighted by Crippen LogP contribution is -2.28. The Kier molecular flexibility index (Phi) is 5.52. The quantitative estimate of drug-likeness (QED) is 0.561. The van der Waals surface area contributed by atoms with Crippen LogP contribution in [0.25, 0.3) is 16.6 Å². The molecule has 7 nitrogen and oxygen atoms in total. The van der Waals surface area contributed by atoms with Gasteiger partial charge in [-0.05, 0) is 48.4 Å². The Morgan fingerprint density at radius 1 is 1.22 bits per heavy atom. The van der Waals surface area contributed by atoms with Crippen LogP contribution < -0.4 is 4.31 Å². The fourth-order valence-electron chi connectivity index (χ4n) is 3.86. The van der Waals surface area contributed by atoms with Crippen LogP contribution in [0.2, 0.25) is 0 Å². The number of hydrogen-bond acceptors (Lipinski definition) is 7. The second-order valence-electron chi connectivity index (χ2n) is 7.54. The lowest BCUT2D eigenvalue weighted by Gasteiger charge is -2.19. The van der Waals surface area contributed by atoms with E-state index in [2.05, 4.69) is 9.97 Å². The van der Waals surface area contributed by atoms with Crippen molar-refractivity contribution in [1.82, 2.24) is 14.9 Å². The molecule has 0 saturated carbocycles. The van der Waals surface area contributed by atoms with Gasteiger partial charge in [0, 0.05) is 47.7 Å². The molecule has 1 amide bonds. The van der Waals surface area contributed by atoms with E-state index < -0.39 is 10.0 Å². The molecule has 2 aromatic heterocycles. The zero-order chi connectivity index (χ0) is 22.3. The molecule has 0 aliphatic carbocycles. The molecule has 32 heavy (non-hydrogen) atoms. The smallest absolute Gasteiger partial charge is 0.258 e. The molecule has 0 radical (unpaired) electrons. The first kappa shape index (κ1) is 21.2.